The maximum atomic E-state index is 12.0. The number of ether oxygens (including phenoxy) is 2. The lowest BCUT2D eigenvalue weighted by Gasteiger charge is -2.26. The van der Waals surface area contributed by atoms with Gasteiger partial charge in [-0.2, -0.15) is 0 Å². The first-order valence-corrected chi connectivity index (χ1v) is 7.47. The Balaban J connectivity index is 1.94. The predicted octanol–water partition coefficient (Wildman–Crippen LogP) is 1.19. The molecule has 0 unspecified atom stereocenters. The Morgan fingerprint density at radius 3 is 2.85 bits per heavy atom. The van der Waals surface area contributed by atoms with E-state index in [0.717, 1.165) is 22.2 Å². The highest BCUT2D eigenvalue weighted by Gasteiger charge is 2.17. The summed E-state index contributed by atoms with van der Waals surface area (Å²) in [6.45, 7) is 3.07. The Bertz CT molecular complexity index is 462. The van der Waals surface area contributed by atoms with Crippen LogP contribution in [-0.4, -0.2) is 50.3 Å². The van der Waals surface area contributed by atoms with Crippen molar-refractivity contribution in [3.8, 4) is 5.75 Å². The van der Waals surface area contributed by atoms with Crippen molar-refractivity contribution in [3.63, 3.8) is 0 Å². The number of nitrogens with two attached hydrogens (primary N) is 1. The first kappa shape index (κ1) is 15.3. The van der Waals surface area contributed by atoms with E-state index < -0.39 is 0 Å². The summed E-state index contributed by atoms with van der Waals surface area (Å²) in [5.74, 6) is 0.718. The monoisotopic (exact) mass is 342 g/mol. The number of hydrogen-bond donors (Lipinski definition) is 1. The molecular weight excluding hydrogens is 324 g/mol. The topological polar surface area (TPSA) is 64.8 Å². The molecule has 0 spiro atoms. The van der Waals surface area contributed by atoms with E-state index in [4.69, 9.17) is 15.2 Å². The van der Waals surface area contributed by atoms with Gasteiger partial charge in [-0.05, 0) is 36.7 Å². The molecule has 6 heteroatoms. The molecule has 1 fully saturated rings. The van der Waals surface area contributed by atoms with E-state index in [9.17, 15) is 4.79 Å². The van der Waals surface area contributed by atoms with Crippen molar-refractivity contribution >= 4 is 21.8 Å². The van der Waals surface area contributed by atoms with Crippen molar-refractivity contribution in [2.45, 2.75) is 6.42 Å². The second-order valence-corrected chi connectivity index (χ2v) is 5.49. The van der Waals surface area contributed by atoms with Gasteiger partial charge in [-0.3, -0.25) is 4.79 Å². The zero-order chi connectivity index (χ0) is 14.4. The molecule has 1 saturated heterocycles. The molecule has 1 amide bonds. The van der Waals surface area contributed by atoms with Gasteiger partial charge in [-0.25, -0.2) is 0 Å². The van der Waals surface area contributed by atoms with Gasteiger partial charge in [0.25, 0.3) is 5.91 Å². The zero-order valence-electron chi connectivity index (χ0n) is 11.3. The van der Waals surface area contributed by atoms with Crippen LogP contribution < -0.4 is 10.5 Å². The van der Waals surface area contributed by atoms with Gasteiger partial charge in [0.1, 0.15) is 5.75 Å². The molecule has 1 aromatic rings. The second-order valence-electron chi connectivity index (χ2n) is 4.57. The second kappa shape index (κ2) is 7.61. The van der Waals surface area contributed by atoms with Crippen LogP contribution in [0.25, 0.3) is 0 Å². The summed E-state index contributed by atoms with van der Waals surface area (Å²) in [6.07, 6.45) is 0.723. The summed E-state index contributed by atoms with van der Waals surface area (Å²) >= 11 is 3.42. The molecule has 110 valence electrons. The van der Waals surface area contributed by atoms with Crippen molar-refractivity contribution in [2.24, 2.45) is 5.73 Å². The summed E-state index contributed by atoms with van der Waals surface area (Å²) in [5.41, 5.74) is 6.60. The fourth-order valence-electron chi connectivity index (χ4n) is 2.08. The van der Waals surface area contributed by atoms with Gasteiger partial charge in [0.05, 0.1) is 13.2 Å². The molecule has 1 heterocycles. The van der Waals surface area contributed by atoms with Gasteiger partial charge in [0.2, 0.25) is 0 Å². The number of rotatable bonds is 5. The number of carbonyl (C=O) groups excluding carboxylic acids is 1. The van der Waals surface area contributed by atoms with Crippen LogP contribution in [0.15, 0.2) is 22.7 Å². The Morgan fingerprint density at radius 2 is 2.15 bits per heavy atom. The third kappa shape index (κ3) is 4.19. The minimum absolute atomic E-state index is 0.00471. The van der Waals surface area contributed by atoms with Gasteiger partial charge in [0.15, 0.2) is 6.61 Å². The highest BCUT2D eigenvalue weighted by molar-refractivity contribution is 9.10. The fourth-order valence-corrected chi connectivity index (χ4v) is 2.49. The van der Waals surface area contributed by atoms with E-state index in [2.05, 4.69) is 15.9 Å². The summed E-state index contributed by atoms with van der Waals surface area (Å²) < 4.78 is 11.9. The number of carbonyl (C=O) groups is 1. The summed E-state index contributed by atoms with van der Waals surface area (Å²) in [4.78, 5) is 13.8. The normalized spacial score (nSPS) is 15.2. The molecular formula is C14H19BrN2O3. The van der Waals surface area contributed by atoms with E-state index in [0.29, 0.717) is 32.8 Å². The van der Waals surface area contributed by atoms with Crippen molar-refractivity contribution < 1.29 is 14.3 Å². The lowest BCUT2D eigenvalue weighted by molar-refractivity contribution is -0.137. The molecule has 0 aliphatic carbocycles. The first-order chi connectivity index (χ1) is 9.70. The molecule has 1 aliphatic rings. The summed E-state index contributed by atoms with van der Waals surface area (Å²) in [6, 6.07) is 5.73. The van der Waals surface area contributed by atoms with Crippen LogP contribution in [0.2, 0.25) is 0 Å². The average molecular weight is 343 g/mol. The van der Waals surface area contributed by atoms with Crippen molar-refractivity contribution in [3.05, 3.63) is 28.2 Å². The number of nitrogens with zero attached hydrogens (tertiary/aromatic N) is 1. The van der Waals surface area contributed by atoms with Crippen molar-refractivity contribution in [1.29, 1.82) is 0 Å². The molecule has 5 nitrogen and oxygen atoms in total. The van der Waals surface area contributed by atoms with Gasteiger partial charge in [0, 0.05) is 17.6 Å². The smallest absolute Gasteiger partial charge is 0.260 e. The Hall–Kier alpha value is -1.11. The quantitative estimate of drug-likeness (QED) is 0.872. The Labute approximate surface area is 127 Å². The van der Waals surface area contributed by atoms with Crippen LogP contribution in [0.5, 0.6) is 5.75 Å². The predicted molar refractivity (Wildman–Crippen MR) is 79.8 cm³/mol. The molecule has 2 N–H and O–H groups in total. The van der Waals surface area contributed by atoms with Crippen molar-refractivity contribution in [1.82, 2.24) is 4.90 Å². The molecule has 0 atom stereocenters. The lowest BCUT2D eigenvalue weighted by atomic mass is 10.1. The number of hydrogen-bond acceptors (Lipinski definition) is 4. The molecule has 2 rings (SSSR count). The highest BCUT2D eigenvalue weighted by Crippen LogP contribution is 2.23. The maximum absolute atomic E-state index is 12.0. The van der Waals surface area contributed by atoms with E-state index in [1.165, 1.54) is 0 Å². The van der Waals surface area contributed by atoms with Gasteiger partial charge >= 0.3 is 0 Å². The first-order valence-electron chi connectivity index (χ1n) is 6.67. The van der Waals surface area contributed by atoms with Crippen molar-refractivity contribution in [2.75, 3.05) is 39.5 Å². The van der Waals surface area contributed by atoms with Gasteiger partial charge in [-0.15, -0.1) is 0 Å². The fraction of sp³-hybridized carbons (Fsp3) is 0.500. The summed E-state index contributed by atoms with van der Waals surface area (Å²) in [5, 5.41) is 0. The van der Waals surface area contributed by atoms with Crippen LogP contribution in [0.3, 0.4) is 0 Å². The van der Waals surface area contributed by atoms with Gasteiger partial charge < -0.3 is 20.1 Å². The molecule has 0 bridgehead atoms. The van der Waals surface area contributed by atoms with Crippen LogP contribution in [0.4, 0.5) is 0 Å². The number of morpholine rings is 1. The number of benzene rings is 1. The van der Waals surface area contributed by atoms with Crippen LogP contribution in [0, 0.1) is 0 Å². The molecule has 1 aromatic carbocycles. The molecule has 0 radical (unpaired) electrons. The Morgan fingerprint density at radius 1 is 1.40 bits per heavy atom. The highest BCUT2D eigenvalue weighted by atomic mass is 79.9. The third-order valence-corrected chi connectivity index (χ3v) is 3.64. The van der Waals surface area contributed by atoms with Crippen LogP contribution in [-0.2, 0) is 16.0 Å². The van der Waals surface area contributed by atoms with E-state index in [-0.39, 0.29) is 12.5 Å². The molecule has 0 saturated carbocycles. The third-order valence-electron chi connectivity index (χ3n) is 3.15. The minimum Gasteiger partial charge on any atom is -0.483 e. The summed E-state index contributed by atoms with van der Waals surface area (Å²) in [7, 11) is 0. The van der Waals surface area contributed by atoms with E-state index in [1.807, 2.05) is 18.2 Å². The van der Waals surface area contributed by atoms with E-state index in [1.54, 1.807) is 4.90 Å². The molecule has 1 aliphatic heterocycles. The Kier molecular flexibility index (Phi) is 5.82. The number of amides is 1. The SMILES string of the molecule is NCCc1cc(Br)ccc1OCC(=O)N1CCOCC1. The number of halogens is 1. The zero-order valence-corrected chi connectivity index (χ0v) is 12.9. The van der Waals surface area contributed by atoms with Crippen LogP contribution in [0.1, 0.15) is 5.56 Å². The average Bonchev–Trinajstić information content (AvgIpc) is 2.47. The van der Waals surface area contributed by atoms with Crippen LogP contribution >= 0.6 is 15.9 Å². The lowest BCUT2D eigenvalue weighted by Crippen LogP contribution is -2.43. The van der Waals surface area contributed by atoms with Gasteiger partial charge in [-0.1, -0.05) is 15.9 Å². The van der Waals surface area contributed by atoms with E-state index >= 15 is 0 Å². The minimum atomic E-state index is -0.00471. The largest absolute Gasteiger partial charge is 0.483 e. The standard InChI is InChI=1S/C14H19BrN2O3/c15-12-1-2-13(11(9-12)3-4-16)20-10-14(18)17-5-7-19-8-6-17/h1-2,9H,3-8,10,16H2. The molecule has 0 aromatic heterocycles. The molecule has 20 heavy (non-hydrogen) atoms. The maximum Gasteiger partial charge on any atom is 0.260 e.